The number of rotatable bonds is 4. The van der Waals surface area contributed by atoms with E-state index in [0.717, 1.165) is 24.2 Å². The van der Waals surface area contributed by atoms with Gasteiger partial charge in [0.25, 0.3) is 0 Å². The van der Waals surface area contributed by atoms with Crippen LogP contribution in [0, 0.1) is 0 Å². The van der Waals surface area contributed by atoms with E-state index in [1.54, 1.807) is 0 Å². The molecule has 19 heavy (non-hydrogen) atoms. The lowest BCUT2D eigenvalue weighted by Gasteiger charge is -2.08. The Kier molecular flexibility index (Phi) is 3.25. The predicted molar refractivity (Wildman–Crippen MR) is 75.6 cm³/mol. The first-order chi connectivity index (χ1) is 9.38. The molecule has 0 aliphatic rings. The van der Waals surface area contributed by atoms with Crippen molar-refractivity contribution in [2.45, 2.75) is 19.5 Å². The number of nitrogens with zero attached hydrogens (tertiary/aromatic N) is 3. The molecule has 2 N–H and O–H groups in total. The van der Waals surface area contributed by atoms with Gasteiger partial charge in [-0.1, -0.05) is 24.3 Å². The Bertz CT molecular complexity index is 682. The van der Waals surface area contributed by atoms with E-state index in [0.29, 0.717) is 6.54 Å². The van der Waals surface area contributed by atoms with E-state index >= 15 is 0 Å². The highest BCUT2D eigenvalue weighted by Crippen LogP contribution is 2.17. The molecule has 4 nitrogen and oxygen atoms in total. The van der Waals surface area contributed by atoms with E-state index in [4.69, 9.17) is 5.73 Å². The normalized spacial score (nSPS) is 11.0. The minimum Gasteiger partial charge on any atom is -0.333 e. The second-order valence-electron chi connectivity index (χ2n) is 4.52. The van der Waals surface area contributed by atoms with Gasteiger partial charge in [-0.25, -0.2) is 4.98 Å². The fraction of sp³-hybridized carbons (Fsp3) is 0.200. The number of aryl methyl sites for hydroxylation is 2. The van der Waals surface area contributed by atoms with Crippen molar-refractivity contribution in [3.8, 4) is 0 Å². The molecule has 2 aromatic heterocycles. The number of pyridine rings is 1. The molecule has 0 aliphatic heterocycles. The van der Waals surface area contributed by atoms with Gasteiger partial charge in [-0.15, -0.1) is 0 Å². The Hall–Kier alpha value is -2.20. The zero-order chi connectivity index (χ0) is 13.1. The largest absolute Gasteiger partial charge is 0.333 e. The van der Waals surface area contributed by atoms with Crippen LogP contribution in [-0.2, 0) is 19.5 Å². The molecule has 0 radical (unpaired) electrons. The molecule has 3 rings (SSSR count). The molecule has 0 saturated heterocycles. The fourth-order valence-electron chi connectivity index (χ4n) is 2.33. The van der Waals surface area contributed by atoms with Crippen molar-refractivity contribution in [3.63, 3.8) is 0 Å². The van der Waals surface area contributed by atoms with Crippen LogP contribution in [-0.4, -0.2) is 14.5 Å². The molecular formula is C15H16N4. The van der Waals surface area contributed by atoms with Crippen LogP contribution in [0.4, 0.5) is 0 Å². The van der Waals surface area contributed by atoms with E-state index in [2.05, 4.69) is 38.8 Å². The monoisotopic (exact) mass is 252 g/mol. The summed E-state index contributed by atoms with van der Waals surface area (Å²) in [5.41, 5.74) is 9.09. The lowest BCUT2D eigenvalue weighted by molar-refractivity contribution is 0.662. The summed E-state index contributed by atoms with van der Waals surface area (Å²) in [4.78, 5) is 8.61. The van der Waals surface area contributed by atoms with Gasteiger partial charge in [0.2, 0.25) is 0 Å². The summed E-state index contributed by atoms with van der Waals surface area (Å²) < 4.78 is 2.10. The van der Waals surface area contributed by atoms with Crippen molar-refractivity contribution in [2.75, 3.05) is 0 Å². The number of imidazole rings is 1. The molecule has 1 aromatic carbocycles. The summed E-state index contributed by atoms with van der Waals surface area (Å²) in [7, 11) is 0. The Morgan fingerprint density at radius 1 is 1.16 bits per heavy atom. The van der Waals surface area contributed by atoms with Gasteiger partial charge in [0, 0.05) is 30.9 Å². The second kappa shape index (κ2) is 5.20. The van der Waals surface area contributed by atoms with Crippen LogP contribution in [0.2, 0.25) is 0 Å². The van der Waals surface area contributed by atoms with Gasteiger partial charge in [0.15, 0.2) is 0 Å². The van der Waals surface area contributed by atoms with Crippen LogP contribution in [0.15, 0.2) is 49.1 Å². The maximum Gasteiger partial charge on any atom is 0.0948 e. The Labute approximate surface area is 111 Å². The highest BCUT2D eigenvalue weighted by molar-refractivity contribution is 5.81. The summed E-state index contributed by atoms with van der Waals surface area (Å²) in [6.07, 6.45) is 6.42. The maximum absolute atomic E-state index is 5.68. The first kappa shape index (κ1) is 11.9. The summed E-state index contributed by atoms with van der Waals surface area (Å²) in [6, 6.07) is 10.4. The smallest absolute Gasteiger partial charge is 0.0948 e. The zero-order valence-electron chi connectivity index (χ0n) is 10.7. The SMILES string of the molecule is NCc1cncn1CCc1cccc2cccnc12. The van der Waals surface area contributed by atoms with Crippen molar-refractivity contribution in [1.29, 1.82) is 0 Å². The molecule has 96 valence electrons. The van der Waals surface area contributed by atoms with Crippen molar-refractivity contribution >= 4 is 10.9 Å². The molecule has 0 aliphatic carbocycles. The number of hydrogen-bond acceptors (Lipinski definition) is 3. The van der Waals surface area contributed by atoms with Crippen LogP contribution >= 0.6 is 0 Å². The van der Waals surface area contributed by atoms with Crippen molar-refractivity contribution in [1.82, 2.24) is 14.5 Å². The summed E-state index contributed by atoms with van der Waals surface area (Å²) in [5.74, 6) is 0. The van der Waals surface area contributed by atoms with Gasteiger partial charge >= 0.3 is 0 Å². The number of para-hydroxylation sites is 1. The molecule has 2 heterocycles. The van der Waals surface area contributed by atoms with Gasteiger partial charge in [-0.3, -0.25) is 4.98 Å². The van der Waals surface area contributed by atoms with Crippen molar-refractivity contribution in [2.24, 2.45) is 5.73 Å². The lowest BCUT2D eigenvalue weighted by Crippen LogP contribution is -2.08. The number of aromatic nitrogens is 3. The van der Waals surface area contributed by atoms with Crippen LogP contribution in [0.3, 0.4) is 0 Å². The average Bonchev–Trinajstić information content (AvgIpc) is 2.92. The molecule has 4 heteroatoms. The quantitative estimate of drug-likeness (QED) is 0.774. The standard InChI is InChI=1S/C15H16N4/c16-9-14-10-17-11-19(14)8-6-13-4-1-3-12-5-2-7-18-15(12)13/h1-5,7,10-11H,6,8-9,16H2. The minimum absolute atomic E-state index is 0.522. The van der Waals surface area contributed by atoms with Crippen molar-refractivity contribution in [3.05, 3.63) is 60.3 Å². The summed E-state index contributed by atoms with van der Waals surface area (Å²) in [6.45, 7) is 1.40. The van der Waals surface area contributed by atoms with E-state index in [-0.39, 0.29) is 0 Å². The summed E-state index contributed by atoms with van der Waals surface area (Å²) >= 11 is 0. The Morgan fingerprint density at radius 3 is 2.95 bits per heavy atom. The fourth-order valence-corrected chi connectivity index (χ4v) is 2.33. The highest BCUT2D eigenvalue weighted by Gasteiger charge is 2.04. The number of nitrogens with two attached hydrogens (primary N) is 1. The van der Waals surface area contributed by atoms with Crippen molar-refractivity contribution < 1.29 is 0 Å². The molecule has 0 unspecified atom stereocenters. The minimum atomic E-state index is 0.522. The van der Waals surface area contributed by atoms with Gasteiger partial charge in [-0.05, 0) is 18.1 Å². The zero-order valence-corrected chi connectivity index (χ0v) is 10.7. The highest BCUT2D eigenvalue weighted by atomic mass is 15.0. The maximum atomic E-state index is 5.68. The van der Waals surface area contributed by atoms with Gasteiger partial charge < -0.3 is 10.3 Å². The first-order valence-electron chi connectivity index (χ1n) is 6.40. The van der Waals surface area contributed by atoms with Gasteiger partial charge in [0.1, 0.15) is 0 Å². The van der Waals surface area contributed by atoms with Gasteiger partial charge in [0.05, 0.1) is 17.5 Å². The molecular weight excluding hydrogens is 236 g/mol. The molecule has 0 bridgehead atoms. The Morgan fingerprint density at radius 2 is 2.05 bits per heavy atom. The Balaban J connectivity index is 1.86. The molecule has 0 atom stereocenters. The van der Waals surface area contributed by atoms with Crippen LogP contribution in [0.5, 0.6) is 0 Å². The molecule has 0 spiro atoms. The van der Waals surface area contributed by atoms with E-state index in [9.17, 15) is 0 Å². The average molecular weight is 252 g/mol. The molecule has 0 saturated carbocycles. The third-order valence-corrected chi connectivity index (χ3v) is 3.35. The third-order valence-electron chi connectivity index (χ3n) is 3.35. The van der Waals surface area contributed by atoms with Crippen LogP contribution in [0.1, 0.15) is 11.3 Å². The first-order valence-corrected chi connectivity index (χ1v) is 6.40. The van der Waals surface area contributed by atoms with E-state index in [1.807, 2.05) is 24.8 Å². The third kappa shape index (κ3) is 2.35. The number of benzene rings is 1. The summed E-state index contributed by atoms with van der Waals surface area (Å²) in [5, 5.41) is 1.18. The topological polar surface area (TPSA) is 56.7 Å². The number of hydrogen-bond donors (Lipinski definition) is 1. The molecule has 0 amide bonds. The second-order valence-corrected chi connectivity index (χ2v) is 4.52. The molecule has 0 fully saturated rings. The lowest BCUT2D eigenvalue weighted by atomic mass is 10.1. The predicted octanol–water partition coefficient (Wildman–Crippen LogP) is 2.13. The van der Waals surface area contributed by atoms with E-state index in [1.165, 1.54) is 10.9 Å². The van der Waals surface area contributed by atoms with Gasteiger partial charge in [-0.2, -0.15) is 0 Å². The van der Waals surface area contributed by atoms with Crippen LogP contribution in [0.25, 0.3) is 10.9 Å². The number of fused-ring (bicyclic) bond motifs is 1. The molecule has 3 aromatic rings. The van der Waals surface area contributed by atoms with Crippen LogP contribution < -0.4 is 5.73 Å². The van der Waals surface area contributed by atoms with E-state index < -0.39 is 0 Å².